The molecule has 0 bridgehead atoms. The molecule has 0 aromatic heterocycles. The van der Waals surface area contributed by atoms with Gasteiger partial charge in [-0.2, -0.15) is 0 Å². The van der Waals surface area contributed by atoms with E-state index in [0.717, 1.165) is 65.1 Å². The largest absolute Gasteiger partial charge is 0.377 e. The minimum absolute atomic E-state index is 0.0831. The van der Waals surface area contributed by atoms with Crippen molar-refractivity contribution in [3.05, 3.63) is 0 Å². The summed E-state index contributed by atoms with van der Waals surface area (Å²) in [5.74, 6) is 0.321. The van der Waals surface area contributed by atoms with Gasteiger partial charge in [-0.05, 0) is 45.2 Å². The third-order valence-corrected chi connectivity index (χ3v) is 4.74. The number of rotatable bonds is 3. The number of nitrogens with one attached hydrogen (secondary N) is 1. The van der Waals surface area contributed by atoms with Crippen molar-refractivity contribution in [1.82, 2.24) is 15.1 Å². The Labute approximate surface area is 121 Å². The molecule has 3 fully saturated rings. The van der Waals surface area contributed by atoms with Crippen molar-refractivity contribution in [1.29, 1.82) is 0 Å². The maximum Gasteiger partial charge on any atom is 0.239 e. The number of ether oxygens (including phenoxy) is 1. The molecule has 3 aliphatic rings. The topological polar surface area (TPSA) is 44.8 Å². The van der Waals surface area contributed by atoms with Gasteiger partial charge in [-0.15, -0.1) is 0 Å². The number of carbonyl (C=O) groups excluding carboxylic acids is 1. The molecule has 0 aromatic rings. The average Bonchev–Trinajstić information content (AvgIpc) is 3.10. The van der Waals surface area contributed by atoms with Gasteiger partial charge < -0.3 is 15.0 Å². The SMILES string of the molecule is O=C([C@H]1CCCN1)N1CCCN(CC2CCCO2)CC1. The van der Waals surface area contributed by atoms with E-state index in [-0.39, 0.29) is 6.04 Å². The Kier molecular flexibility index (Phi) is 4.91. The molecule has 0 radical (unpaired) electrons. The summed E-state index contributed by atoms with van der Waals surface area (Å²) < 4.78 is 5.72. The third-order valence-electron chi connectivity index (χ3n) is 4.74. The van der Waals surface area contributed by atoms with E-state index in [1.165, 1.54) is 12.8 Å². The molecular formula is C15H27N3O2. The van der Waals surface area contributed by atoms with Crippen LogP contribution in [0.4, 0.5) is 0 Å². The predicted octanol–water partition coefficient (Wildman–Crippen LogP) is 0.452. The summed E-state index contributed by atoms with van der Waals surface area (Å²) >= 11 is 0. The zero-order chi connectivity index (χ0) is 13.8. The first kappa shape index (κ1) is 14.3. The number of amides is 1. The van der Waals surface area contributed by atoms with Gasteiger partial charge in [0.15, 0.2) is 0 Å². The molecule has 3 saturated heterocycles. The third kappa shape index (κ3) is 3.51. The first-order valence-corrected chi connectivity index (χ1v) is 8.19. The van der Waals surface area contributed by atoms with E-state index in [2.05, 4.69) is 15.1 Å². The Hall–Kier alpha value is -0.650. The Morgan fingerprint density at radius 2 is 2.05 bits per heavy atom. The van der Waals surface area contributed by atoms with Gasteiger partial charge in [0.25, 0.3) is 0 Å². The summed E-state index contributed by atoms with van der Waals surface area (Å²) in [5, 5.41) is 3.32. The van der Waals surface area contributed by atoms with Crippen LogP contribution in [0.3, 0.4) is 0 Å². The van der Waals surface area contributed by atoms with E-state index in [1.54, 1.807) is 0 Å². The highest BCUT2D eigenvalue weighted by Crippen LogP contribution is 2.15. The van der Waals surface area contributed by atoms with Crippen LogP contribution in [0, 0.1) is 0 Å². The molecule has 3 aliphatic heterocycles. The van der Waals surface area contributed by atoms with Gasteiger partial charge in [-0.25, -0.2) is 0 Å². The van der Waals surface area contributed by atoms with Gasteiger partial charge in [-0.3, -0.25) is 9.69 Å². The Balaban J connectivity index is 1.47. The van der Waals surface area contributed by atoms with Crippen LogP contribution in [0.5, 0.6) is 0 Å². The molecule has 20 heavy (non-hydrogen) atoms. The Morgan fingerprint density at radius 3 is 2.80 bits per heavy atom. The fourth-order valence-electron chi connectivity index (χ4n) is 3.57. The van der Waals surface area contributed by atoms with Crippen molar-refractivity contribution >= 4 is 5.91 Å². The van der Waals surface area contributed by atoms with Crippen LogP contribution in [-0.2, 0) is 9.53 Å². The normalized spacial score (nSPS) is 32.5. The monoisotopic (exact) mass is 281 g/mol. The quantitative estimate of drug-likeness (QED) is 0.816. The van der Waals surface area contributed by atoms with Gasteiger partial charge in [0, 0.05) is 32.8 Å². The van der Waals surface area contributed by atoms with E-state index in [0.29, 0.717) is 12.0 Å². The van der Waals surface area contributed by atoms with Gasteiger partial charge in [0.2, 0.25) is 5.91 Å². The lowest BCUT2D eigenvalue weighted by Gasteiger charge is -2.25. The second kappa shape index (κ2) is 6.87. The van der Waals surface area contributed by atoms with Crippen LogP contribution in [0.1, 0.15) is 32.1 Å². The minimum Gasteiger partial charge on any atom is -0.377 e. The van der Waals surface area contributed by atoms with Crippen LogP contribution in [0.15, 0.2) is 0 Å². The minimum atomic E-state index is 0.0831. The number of carbonyl (C=O) groups is 1. The van der Waals surface area contributed by atoms with E-state index >= 15 is 0 Å². The fourth-order valence-corrected chi connectivity index (χ4v) is 3.57. The molecule has 5 nitrogen and oxygen atoms in total. The summed E-state index contributed by atoms with van der Waals surface area (Å²) in [6, 6.07) is 0.0831. The molecule has 1 amide bonds. The lowest BCUT2D eigenvalue weighted by Crippen LogP contribution is -2.45. The predicted molar refractivity (Wildman–Crippen MR) is 77.6 cm³/mol. The summed E-state index contributed by atoms with van der Waals surface area (Å²) in [7, 11) is 0. The van der Waals surface area contributed by atoms with Crippen molar-refractivity contribution in [2.75, 3.05) is 45.9 Å². The number of hydrogen-bond acceptors (Lipinski definition) is 4. The standard InChI is InChI=1S/C15H27N3O2/c19-15(14-5-1-6-16-14)18-8-3-7-17(9-10-18)12-13-4-2-11-20-13/h13-14,16H,1-12H2/t13?,14-/m1/s1. The highest BCUT2D eigenvalue weighted by Gasteiger charge is 2.28. The van der Waals surface area contributed by atoms with Crippen LogP contribution < -0.4 is 5.32 Å². The zero-order valence-electron chi connectivity index (χ0n) is 12.4. The molecule has 0 saturated carbocycles. The molecule has 0 aromatic carbocycles. The summed E-state index contributed by atoms with van der Waals surface area (Å²) in [5.41, 5.74) is 0. The van der Waals surface area contributed by atoms with E-state index in [1.807, 2.05) is 0 Å². The highest BCUT2D eigenvalue weighted by molar-refractivity contribution is 5.82. The van der Waals surface area contributed by atoms with Gasteiger partial charge >= 0.3 is 0 Å². The van der Waals surface area contributed by atoms with Crippen molar-refractivity contribution in [3.63, 3.8) is 0 Å². The first-order chi connectivity index (χ1) is 9.83. The maximum absolute atomic E-state index is 12.4. The zero-order valence-corrected chi connectivity index (χ0v) is 12.4. The van der Waals surface area contributed by atoms with Gasteiger partial charge in [0.1, 0.15) is 0 Å². The molecule has 1 N–H and O–H groups in total. The van der Waals surface area contributed by atoms with Gasteiger partial charge in [-0.1, -0.05) is 0 Å². The molecule has 3 heterocycles. The molecule has 0 aliphatic carbocycles. The summed E-state index contributed by atoms with van der Waals surface area (Å²) in [6.45, 7) is 6.86. The van der Waals surface area contributed by atoms with E-state index < -0.39 is 0 Å². The molecule has 2 atom stereocenters. The van der Waals surface area contributed by atoms with E-state index in [9.17, 15) is 4.79 Å². The Morgan fingerprint density at radius 1 is 1.10 bits per heavy atom. The molecule has 0 spiro atoms. The second-order valence-corrected chi connectivity index (χ2v) is 6.26. The molecule has 5 heteroatoms. The maximum atomic E-state index is 12.4. The first-order valence-electron chi connectivity index (χ1n) is 8.19. The molecule has 3 rings (SSSR count). The molecule has 1 unspecified atom stereocenters. The second-order valence-electron chi connectivity index (χ2n) is 6.26. The van der Waals surface area contributed by atoms with Crippen molar-refractivity contribution in [2.24, 2.45) is 0 Å². The van der Waals surface area contributed by atoms with Crippen molar-refractivity contribution < 1.29 is 9.53 Å². The van der Waals surface area contributed by atoms with E-state index in [4.69, 9.17) is 4.74 Å². The van der Waals surface area contributed by atoms with Crippen LogP contribution in [0.2, 0.25) is 0 Å². The van der Waals surface area contributed by atoms with Crippen LogP contribution in [-0.4, -0.2) is 73.7 Å². The number of nitrogens with zero attached hydrogens (tertiary/aromatic N) is 2. The van der Waals surface area contributed by atoms with Gasteiger partial charge in [0.05, 0.1) is 12.1 Å². The summed E-state index contributed by atoms with van der Waals surface area (Å²) in [4.78, 5) is 17.0. The average molecular weight is 281 g/mol. The lowest BCUT2D eigenvalue weighted by molar-refractivity contribution is -0.132. The van der Waals surface area contributed by atoms with Crippen LogP contribution >= 0.6 is 0 Å². The fraction of sp³-hybridized carbons (Fsp3) is 0.933. The number of hydrogen-bond donors (Lipinski definition) is 1. The highest BCUT2D eigenvalue weighted by atomic mass is 16.5. The lowest BCUT2D eigenvalue weighted by atomic mass is 10.2. The summed E-state index contributed by atoms with van der Waals surface area (Å²) in [6.07, 6.45) is 6.06. The van der Waals surface area contributed by atoms with Crippen molar-refractivity contribution in [2.45, 2.75) is 44.2 Å². The molecular weight excluding hydrogens is 254 g/mol. The molecule has 114 valence electrons. The smallest absolute Gasteiger partial charge is 0.239 e. The Bertz CT molecular complexity index is 325. The van der Waals surface area contributed by atoms with Crippen LogP contribution in [0.25, 0.3) is 0 Å². The van der Waals surface area contributed by atoms with Crippen molar-refractivity contribution in [3.8, 4) is 0 Å².